The molecule has 0 atom stereocenters. The monoisotopic (exact) mass is 318 g/mol. The van der Waals surface area contributed by atoms with Crippen molar-refractivity contribution in [1.82, 2.24) is 0 Å². The van der Waals surface area contributed by atoms with Crippen molar-refractivity contribution < 1.29 is 15.0 Å². The van der Waals surface area contributed by atoms with E-state index in [4.69, 9.17) is 5.11 Å². The van der Waals surface area contributed by atoms with Crippen LogP contribution in [0.1, 0.15) is 10.4 Å². The van der Waals surface area contributed by atoms with Gasteiger partial charge in [-0.2, -0.15) is 10.2 Å². The highest BCUT2D eigenvalue weighted by Crippen LogP contribution is 2.33. The third-order valence-corrected chi connectivity index (χ3v) is 3.46. The van der Waals surface area contributed by atoms with Crippen molar-refractivity contribution in [1.29, 1.82) is 0 Å². The summed E-state index contributed by atoms with van der Waals surface area (Å²) in [7, 11) is 0. The number of benzene rings is 3. The van der Waals surface area contributed by atoms with E-state index in [1.54, 1.807) is 30.3 Å². The first-order valence-electron chi connectivity index (χ1n) is 7.27. The zero-order chi connectivity index (χ0) is 16.9. The van der Waals surface area contributed by atoms with Crippen LogP contribution in [-0.2, 0) is 0 Å². The van der Waals surface area contributed by atoms with Crippen molar-refractivity contribution in [3.8, 4) is 16.9 Å². The number of aromatic carboxylic acids is 1. The first-order valence-corrected chi connectivity index (χ1v) is 7.27. The Balaban J connectivity index is 1.86. The molecule has 0 aliphatic heterocycles. The van der Waals surface area contributed by atoms with Crippen molar-refractivity contribution in [3.05, 3.63) is 78.4 Å². The Kier molecular flexibility index (Phi) is 4.34. The van der Waals surface area contributed by atoms with Gasteiger partial charge in [0.25, 0.3) is 0 Å². The van der Waals surface area contributed by atoms with Crippen LogP contribution in [0.4, 0.5) is 11.4 Å². The maximum absolute atomic E-state index is 10.8. The quantitative estimate of drug-likeness (QED) is 0.651. The molecule has 24 heavy (non-hydrogen) atoms. The van der Waals surface area contributed by atoms with Gasteiger partial charge in [0.05, 0.1) is 16.9 Å². The molecule has 0 aliphatic carbocycles. The lowest BCUT2D eigenvalue weighted by molar-refractivity contribution is 0.0697. The van der Waals surface area contributed by atoms with Gasteiger partial charge in [-0.15, -0.1) is 0 Å². The maximum Gasteiger partial charge on any atom is 0.335 e. The number of carboxylic acids is 1. The van der Waals surface area contributed by atoms with E-state index < -0.39 is 5.97 Å². The van der Waals surface area contributed by atoms with Gasteiger partial charge in [-0.05, 0) is 48.0 Å². The van der Waals surface area contributed by atoms with Crippen molar-refractivity contribution in [2.75, 3.05) is 0 Å². The highest BCUT2D eigenvalue weighted by Gasteiger charge is 2.05. The van der Waals surface area contributed by atoms with Crippen molar-refractivity contribution in [3.63, 3.8) is 0 Å². The van der Waals surface area contributed by atoms with E-state index in [0.717, 1.165) is 5.56 Å². The van der Waals surface area contributed by atoms with E-state index in [9.17, 15) is 9.90 Å². The topological polar surface area (TPSA) is 82.2 Å². The molecule has 0 radical (unpaired) electrons. The number of phenols is 1. The first kappa shape index (κ1) is 15.4. The van der Waals surface area contributed by atoms with Crippen LogP contribution in [0.3, 0.4) is 0 Å². The first-order chi connectivity index (χ1) is 11.6. The number of nitrogens with zero attached hydrogens (tertiary/aromatic N) is 2. The summed E-state index contributed by atoms with van der Waals surface area (Å²) in [6.45, 7) is 0. The second-order valence-electron chi connectivity index (χ2n) is 5.12. The third kappa shape index (κ3) is 3.47. The standard InChI is InChI=1S/C19H14N2O3/c22-18-11-10-16(12-17(18)13-4-2-1-3-5-13)21-20-15-8-6-14(7-9-15)19(23)24/h1-12,22H,(H,23,24). The van der Waals surface area contributed by atoms with Crippen LogP contribution in [0, 0.1) is 0 Å². The molecule has 0 fully saturated rings. The molecule has 0 aliphatic rings. The van der Waals surface area contributed by atoms with Crippen LogP contribution in [0.5, 0.6) is 5.75 Å². The molecule has 3 aromatic rings. The highest BCUT2D eigenvalue weighted by atomic mass is 16.4. The number of hydrogen-bond acceptors (Lipinski definition) is 4. The van der Waals surface area contributed by atoms with E-state index in [1.165, 1.54) is 12.1 Å². The summed E-state index contributed by atoms with van der Waals surface area (Å²) in [4.78, 5) is 10.8. The summed E-state index contributed by atoms with van der Waals surface area (Å²) in [5, 5.41) is 27.1. The van der Waals surface area contributed by atoms with Crippen molar-refractivity contribution >= 4 is 17.3 Å². The zero-order valence-corrected chi connectivity index (χ0v) is 12.6. The summed E-state index contributed by atoms with van der Waals surface area (Å²) < 4.78 is 0. The van der Waals surface area contributed by atoms with Crippen LogP contribution in [0.2, 0.25) is 0 Å². The van der Waals surface area contributed by atoms with Gasteiger partial charge in [0.1, 0.15) is 5.75 Å². The van der Waals surface area contributed by atoms with Gasteiger partial charge >= 0.3 is 5.97 Å². The molecule has 0 saturated heterocycles. The Bertz CT molecular complexity index is 888. The molecular weight excluding hydrogens is 304 g/mol. The minimum Gasteiger partial charge on any atom is -0.507 e. The summed E-state index contributed by atoms with van der Waals surface area (Å²) in [6.07, 6.45) is 0. The zero-order valence-electron chi connectivity index (χ0n) is 12.6. The van der Waals surface area contributed by atoms with Crippen molar-refractivity contribution in [2.24, 2.45) is 10.2 Å². The number of carboxylic acid groups (broad SMARTS) is 1. The Morgan fingerprint density at radius 3 is 2.08 bits per heavy atom. The van der Waals surface area contributed by atoms with Gasteiger partial charge in [0.15, 0.2) is 0 Å². The maximum atomic E-state index is 10.8. The van der Waals surface area contributed by atoms with Crippen LogP contribution in [0.25, 0.3) is 11.1 Å². The number of phenolic OH excluding ortho intramolecular Hbond substituents is 1. The molecule has 0 heterocycles. The van der Waals surface area contributed by atoms with E-state index in [2.05, 4.69) is 10.2 Å². The highest BCUT2D eigenvalue weighted by molar-refractivity contribution is 5.87. The van der Waals surface area contributed by atoms with Crippen LogP contribution >= 0.6 is 0 Å². The molecule has 3 rings (SSSR count). The summed E-state index contributed by atoms with van der Waals surface area (Å²) in [5.74, 6) is -0.810. The summed E-state index contributed by atoms with van der Waals surface area (Å²) in [6, 6.07) is 20.6. The number of azo groups is 1. The fourth-order valence-electron chi connectivity index (χ4n) is 2.22. The Morgan fingerprint density at radius 1 is 0.792 bits per heavy atom. The van der Waals surface area contributed by atoms with Gasteiger partial charge in [0, 0.05) is 5.56 Å². The normalized spacial score (nSPS) is 10.8. The summed E-state index contributed by atoms with van der Waals surface area (Å²) in [5.41, 5.74) is 2.90. The molecule has 2 N–H and O–H groups in total. The lowest BCUT2D eigenvalue weighted by Crippen LogP contribution is -1.93. The molecule has 0 bridgehead atoms. The van der Waals surface area contributed by atoms with Gasteiger partial charge in [-0.25, -0.2) is 4.79 Å². The average Bonchev–Trinajstić information content (AvgIpc) is 2.62. The third-order valence-electron chi connectivity index (χ3n) is 3.46. The van der Waals surface area contributed by atoms with E-state index in [-0.39, 0.29) is 11.3 Å². The molecular formula is C19H14N2O3. The molecule has 0 amide bonds. The largest absolute Gasteiger partial charge is 0.507 e. The second-order valence-corrected chi connectivity index (χ2v) is 5.12. The average molecular weight is 318 g/mol. The predicted molar refractivity (Wildman–Crippen MR) is 91.1 cm³/mol. The molecule has 0 saturated carbocycles. The number of aromatic hydroxyl groups is 1. The minimum absolute atomic E-state index is 0.172. The minimum atomic E-state index is -0.982. The number of hydrogen-bond donors (Lipinski definition) is 2. The molecule has 0 spiro atoms. The van der Waals surface area contributed by atoms with E-state index >= 15 is 0 Å². The number of carbonyl (C=O) groups is 1. The predicted octanol–water partition coefficient (Wildman–Crippen LogP) is 5.17. The molecule has 0 aromatic heterocycles. The SMILES string of the molecule is O=C(O)c1ccc(N=Nc2ccc(O)c(-c3ccccc3)c2)cc1. The Labute approximate surface area is 138 Å². The van der Waals surface area contributed by atoms with E-state index in [1.807, 2.05) is 30.3 Å². The van der Waals surface area contributed by atoms with Gasteiger partial charge in [-0.1, -0.05) is 30.3 Å². The molecule has 3 aromatic carbocycles. The number of rotatable bonds is 4. The smallest absolute Gasteiger partial charge is 0.335 e. The fraction of sp³-hybridized carbons (Fsp3) is 0. The second kappa shape index (κ2) is 6.75. The molecule has 5 nitrogen and oxygen atoms in total. The molecule has 5 heteroatoms. The lowest BCUT2D eigenvalue weighted by Gasteiger charge is -2.05. The Hall–Kier alpha value is -3.47. The Morgan fingerprint density at radius 2 is 1.42 bits per heavy atom. The van der Waals surface area contributed by atoms with Gasteiger partial charge in [-0.3, -0.25) is 0 Å². The van der Waals surface area contributed by atoms with Gasteiger partial charge < -0.3 is 10.2 Å². The molecule has 118 valence electrons. The van der Waals surface area contributed by atoms with Crippen LogP contribution in [0.15, 0.2) is 83.0 Å². The van der Waals surface area contributed by atoms with E-state index in [0.29, 0.717) is 16.9 Å². The summed E-state index contributed by atoms with van der Waals surface area (Å²) >= 11 is 0. The van der Waals surface area contributed by atoms with Crippen molar-refractivity contribution in [2.45, 2.75) is 0 Å². The fourth-order valence-corrected chi connectivity index (χ4v) is 2.22. The van der Waals surface area contributed by atoms with Crippen LogP contribution in [-0.4, -0.2) is 16.2 Å². The molecule has 0 unspecified atom stereocenters. The van der Waals surface area contributed by atoms with Crippen LogP contribution < -0.4 is 0 Å². The van der Waals surface area contributed by atoms with Gasteiger partial charge in [0.2, 0.25) is 0 Å². The lowest BCUT2D eigenvalue weighted by atomic mass is 10.0.